The third-order valence-corrected chi connectivity index (χ3v) is 7.53. The zero-order chi connectivity index (χ0) is 27.5. The van der Waals surface area contributed by atoms with Crippen molar-refractivity contribution in [2.24, 2.45) is 5.92 Å². The number of carbonyl (C=O) groups is 1. The Morgan fingerprint density at radius 3 is 2.77 bits per heavy atom. The van der Waals surface area contributed by atoms with Crippen LogP contribution in [0, 0.1) is 17.2 Å². The molecule has 3 aromatic rings. The molecule has 39 heavy (non-hydrogen) atoms. The van der Waals surface area contributed by atoms with E-state index in [0.717, 1.165) is 46.4 Å². The normalized spacial score (nSPS) is 17.7. The Hall–Kier alpha value is -4.09. The van der Waals surface area contributed by atoms with E-state index < -0.39 is 0 Å². The highest BCUT2D eigenvalue weighted by Crippen LogP contribution is 2.46. The van der Waals surface area contributed by atoms with E-state index in [1.165, 1.54) is 0 Å². The minimum Gasteiger partial charge on any atom is -0.396 e. The Bertz CT molecular complexity index is 1470. The van der Waals surface area contributed by atoms with E-state index in [2.05, 4.69) is 41.4 Å². The van der Waals surface area contributed by atoms with Crippen LogP contribution in [-0.2, 0) is 4.79 Å². The van der Waals surface area contributed by atoms with Crippen LogP contribution in [0.2, 0.25) is 0 Å². The molecule has 2 fully saturated rings. The molecular weight excluding hydrogens is 488 g/mol. The average Bonchev–Trinajstić information content (AvgIpc) is 3.81. The van der Waals surface area contributed by atoms with Crippen LogP contribution in [0.15, 0.2) is 49.2 Å². The summed E-state index contributed by atoms with van der Waals surface area (Å²) >= 11 is 0. The topological polar surface area (TPSA) is 106 Å². The summed E-state index contributed by atoms with van der Waals surface area (Å²) in [5, 5.41) is 19.3. The SMILES string of the molecule is C=Cc1cnc2c(-c3cc(C#N)c(N4CCN(C(=O)C=CCCO)[C@H](C(C)C)C4)nc3C3CC3)cccc2n1. The molecule has 200 valence electrons. The maximum atomic E-state index is 12.9. The van der Waals surface area contributed by atoms with Crippen LogP contribution in [0.25, 0.3) is 28.2 Å². The molecule has 0 bridgehead atoms. The summed E-state index contributed by atoms with van der Waals surface area (Å²) in [7, 11) is 0. The number of hydrogen-bond acceptors (Lipinski definition) is 7. The Morgan fingerprint density at radius 1 is 1.26 bits per heavy atom. The van der Waals surface area contributed by atoms with E-state index in [1.54, 1.807) is 24.4 Å². The van der Waals surface area contributed by atoms with E-state index >= 15 is 0 Å². The van der Waals surface area contributed by atoms with Crippen molar-refractivity contribution in [3.8, 4) is 17.2 Å². The lowest BCUT2D eigenvalue weighted by Crippen LogP contribution is -2.57. The number of benzene rings is 1. The van der Waals surface area contributed by atoms with Crippen LogP contribution in [-0.4, -0.2) is 63.1 Å². The first kappa shape index (κ1) is 26.5. The van der Waals surface area contributed by atoms with Crippen LogP contribution in [0.4, 0.5) is 5.82 Å². The molecule has 5 rings (SSSR count). The van der Waals surface area contributed by atoms with Gasteiger partial charge in [0.15, 0.2) is 0 Å². The van der Waals surface area contributed by atoms with Gasteiger partial charge in [0, 0.05) is 43.3 Å². The minimum absolute atomic E-state index is 0.0187. The number of carbonyl (C=O) groups excluding carboxylic acids is 1. The van der Waals surface area contributed by atoms with Crippen molar-refractivity contribution in [1.29, 1.82) is 5.26 Å². The molecule has 2 aromatic heterocycles. The van der Waals surface area contributed by atoms with Gasteiger partial charge in [0.2, 0.25) is 5.91 Å². The molecule has 0 radical (unpaired) electrons. The van der Waals surface area contributed by atoms with Gasteiger partial charge in [-0.05, 0) is 49.5 Å². The summed E-state index contributed by atoms with van der Waals surface area (Å²) < 4.78 is 0. The average molecular weight is 523 g/mol. The fourth-order valence-electron chi connectivity index (χ4n) is 5.30. The van der Waals surface area contributed by atoms with Crippen molar-refractivity contribution in [2.75, 3.05) is 31.1 Å². The molecule has 1 saturated carbocycles. The van der Waals surface area contributed by atoms with Crippen LogP contribution in [0.1, 0.15) is 56.0 Å². The number of para-hydroxylation sites is 1. The number of rotatable bonds is 8. The maximum Gasteiger partial charge on any atom is 0.246 e. The van der Waals surface area contributed by atoms with Gasteiger partial charge in [-0.25, -0.2) is 9.97 Å². The largest absolute Gasteiger partial charge is 0.396 e. The van der Waals surface area contributed by atoms with E-state index in [-0.39, 0.29) is 24.5 Å². The molecule has 0 spiro atoms. The first-order chi connectivity index (χ1) is 18.9. The van der Waals surface area contributed by atoms with Gasteiger partial charge in [-0.1, -0.05) is 38.6 Å². The van der Waals surface area contributed by atoms with Crippen LogP contribution in [0.3, 0.4) is 0 Å². The second kappa shape index (κ2) is 11.3. The Labute approximate surface area is 229 Å². The molecule has 1 N–H and O–H groups in total. The molecule has 1 aliphatic heterocycles. The number of anilines is 1. The molecule has 1 saturated heterocycles. The number of hydrogen-bond donors (Lipinski definition) is 1. The van der Waals surface area contributed by atoms with Crippen LogP contribution < -0.4 is 4.90 Å². The van der Waals surface area contributed by atoms with Crippen molar-refractivity contribution >= 4 is 28.8 Å². The molecular formula is C31H34N6O2. The predicted molar refractivity (Wildman–Crippen MR) is 153 cm³/mol. The third-order valence-electron chi connectivity index (χ3n) is 7.53. The molecule has 1 aromatic carbocycles. The fraction of sp³-hybridized carbons (Fsp3) is 0.387. The lowest BCUT2D eigenvalue weighted by atomic mass is 9.96. The van der Waals surface area contributed by atoms with Gasteiger partial charge in [0.05, 0.1) is 40.2 Å². The number of fused-ring (bicyclic) bond motifs is 1. The van der Waals surface area contributed by atoms with Crippen molar-refractivity contribution in [3.63, 3.8) is 0 Å². The first-order valence-corrected chi connectivity index (χ1v) is 13.6. The Balaban J connectivity index is 1.52. The summed E-state index contributed by atoms with van der Waals surface area (Å²) in [6, 6.07) is 10.3. The molecule has 1 atom stereocenters. The van der Waals surface area contributed by atoms with Gasteiger partial charge in [0.1, 0.15) is 11.9 Å². The number of aliphatic hydroxyl groups is 1. The monoisotopic (exact) mass is 522 g/mol. The summed E-state index contributed by atoms with van der Waals surface area (Å²) in [4.78, 5) is 31.5. The van der Waals surface area contributed by atoms with Gasteiger partial charge >= 0.3 is 0 Å². The zero-order valence-electron chi connectivity index (χ0n) is 22.5. The highest BCUT2D eigenvalue weighted by Gasteiger charge is 2.35. The number of piperazine rings is 1. The van der Waals surface area contributed by atoms with Crippen LogP contribution in [0.5, 0.6) is 0 Å². The standard InChI is InChI=1S/C31H34N6O2/c1-4-23-18-33-30-24(8-7-9-26(30)34-23)25-16-22(17-32)31(35-29(25)21-11-12-21)36-13-14-37(27(19-36)20(2)3)28(39)10-5-6-15-38/h4-5,7-10,16,18,20-21,27,38H,1,6,11-15,19H2,2-3H3/t27-/m0/s1. The number of nitrogens with zero attached hydrogens (tertiary/aromatic N) is 6. The van der Waals surface area contributed by atoms with E-state index in [1.807, 2.05) is 29.2 Å². The number of nitriles is 1. The molecule has 0 unspecified atom stereocenters. The zero-order valence-corrected chi connectivity index (χ0v) is 22.5. The second-order valence-corrected chi connectivity index (χ2v) is 10.6. The summed E-state index contributed by atoms with van der Waals surface area (Å²) in [5.41, 5.74) is 5.66. The highest BCUT2D eigenvalue weighted by atomic mass is 16.2. The summed E-state index contributed by atoms with van der Waals surface area (Å²) in [5.74, 6) is 1.23. The van der Waals surface area contributed by atoms with Crippen molar-refractivity contribution in [3.05, 3.63) is 66.1 Å². The number of aromatic nitrogens is 3. The van der Waals surface area contributed by atoms with Crippen molar-refractivity contribution in [1.82, 2.24) is 19.9 Å². The quantitative estimate of drug-likeness (QED) is 0.428. The van der Waals surface area contributed by atoms with Crippen molar-refractivity contribution in [2.45, 2.75) is 45.1 Å². The summed E-state index contributed by atoms with van der Waals surface area (Å²) in [6.07, 6.45) is 9.28. The van der Waals surface area contributed by atoms with Gasteiger partial charge in [-0.3, -0.25) is 9.78 Å². The molecule has 2 aliphatic rings. The van der Waals surface area contributed by atoms with Gasteiger partial charge in [0.25, 0.3) is 0 Å². The highest BCUT2D eigenvalue weighted by molar-refractivity contribution is 5.93. The lowest BCUT2D eigenvalue weighted by molar-refractivity contribution is -0.129. The number of amides is 1. The molecule has 8 heteroatoms. The predicted octanol–water partition coefficient (Wildman–Crippen LogP) is 4.70. The van der Waals surface area contributed by atoms with Crippen LogP contribution >= 0.6 is 0 Å². The maximum absolute atomic E-state index is 12.9. The minimum atomic E-state index is -0.0408. The van der Waals surface area contributed by atoms with E-state index in [4.69, 9.17) is 10.1 Å². The first-order valence-electron chi connectivity index (χ1n) is 13.6. The third kappa shape index (κ3) is 5.41. The molecule has 1 aliphatic carbocycles. The number of aliphatic hydroxyl groups excluding tert-OH is 1. The molecule has 1 amide bonds. The molecule has 3 heterocycles. The van der Waals surface area contributed by atoms with E-state index in [9.17, 15) is 10.1 Å². The Morgan fingerprint density at radius 2 is 2.08 bits per heavy atom. The van der Waals surface area contributed by atoms with Crippen molar-refractivity contribution < 1.29 is 9.90 Å². The lowest BCUT2D eigenvalue weighted by Gasteiger charge is -2.43. The summed E-state index contributed by atoms with van der Waals surface area (Å²) in [6.45, 7) is 9.79. The fourth-order valence-corrected chi connectivity index (χ4v) is 5.30. The smallest absolute Gasteiger partial charge is 0.246 e. The van der Waals surface area contributed by atoms with E-state index in [0.29, 0.717) is 43.4 Å². The second-order valence-electron chi connectivity index (χ2n) is 10.6. The van der Waals surface area contributed by atoms with Gasteiger partial charge in [-0.2, -0.15) is 5.26 Å². The molecule has 8 nitrogen and oxygen atoms in total. The Kier molecular flexibility index (Phi) is 7.71. The van der Waals surface area contributed by atoms with Gasteiger partial charge < -0.3 is 14.9 Å². The number of pyridine rings is 1. The van der Waals surface area contributed by atoms with Gasteiger partial charge in [-0.15, -0.1) is 0 Å².